The lowest BCUT2D eigenvalue weighted by Gasteiger charge is -2.12. The Kier molecular flexibility index (Phi) is 1.58. The van der Waals surface area contributed by atoms with Gasteiger partial charge in [0, 0.05) is 0 Å². The lowest BCUT2D eigenvalue weighted by Crippen LogP contribution is -2.17. The molecule has 5 nitrogen and oxygen atoms in total. The van der Waals surface area contributed by atoms with Gasteiger partial charge in [0.2, 0.25) is 0 Å². The summed E-state index contributed by atoms with van der Waals surface area (Å²) in [5.74, 6) is -0.989. The summed E-state index contributed by atoms with van der Waals surface area (Å²) < 4.78 is 6.81. The number of aromatic carboxylic acids is 1. The van der Waals surface area contributed by atoms with Gasteiger partial charge in [-0.05, 0) is 6.07 Å². The van der Waals surface area contributed by atoms with E-state index in [4.69, 9.17) is 9.84 Å². The maximum Gasteiger partial charge on any atom is 0.356 e. The molecule has 2 rings (SSSR count). The predicted molar refractivity (Wildman–Crippen MR) is 38.8 cm³/mol. The van der Waals surface area contributed by atoms with Crippen molar-refractivity contribution in [2.45, 2.75) is 13.2 Å². The van der Waals surface area contributed by atoms with E-state index in [1.54, 1.807) is 10.7 Å². The monoisotopic (exact) mass is 168 g/mol. The molecule has 1 aliphatic heterocycles. The standard InChI is InChI=1S/C7H8N2O3/c10-7(11)6-3-5-4-12-2-1-9(5)8-6/h3H,1-2,4H2,(H,10,11). The minimum absolute atomic E-state index is 0.0931. The zero-order valence-electron chi connectivity index (χ0n) is 6.36. The Labute approximate surface area is 68.6 Å². The summed E-state index contributed by atoms with van der Waals surface area (Å²) >= 11 is 0. The van der Waals surface area contributed by atoms with Crippen molar-refractivity contribution in [1.29, 1.82) is 0 Å². The first-order valence-corrected chi connectivity index (χ1v) is 3.65. The number of carboxylic acids is 1. The van der Waals surface area contributed by atoms with Gasteiger partial charge < -0.3 is 9.84 Å². The maximum atomic E-state index is 10.5. The van der Waals surface area contributed by atoms with Crippen molar-refractivity contribution in [1.82, 2.24) is 9.78 Å². The highest BCUT2D eigenvalue weighted by molar-refractivity contribution is 5.85. The molecule has 1 aliphatic rings. The van der Waals surface area contributed by atoms with Crippen LogP contribution in [0.5, 0.6) is 0 Å². The van der Waals surface area contributed by atoms with Crippen molar-refractivity contribution in [2.24, 2.45) is 0 Å². The quantitative estimate of drug-likeness (QED) is 0.646. The van der Waals surface area contributed by atoms with E-state index in [2.05, 4.69) is 5.10 Å². The number of carbonyl (C=O) groups is 1. The van der Waals surface area contributed by atoms with Crippen molar-refractivity contribution in [2.75, 3.05) is 6.61 Å². The minimum atomic E-state index is -0.989. The third-order valence-corrected chi connectivity index (χ3v) is 1.78. The lowest BCUT2D eigenvalue weighted by atomic mass is 10.3. The third-order valence-electron chi connectivity index (χ3n) is 1.78. The van der Waals surface area contributed by atoms with Crippen LogP contribution in [0, 0.1) is 0 Å². The van der Waals surface area contributed by atoms with E-state index in [0.29, 0.717) is 19.8 Å². The second-order valence-corrected chi connectivity index (χ2v) is 2.60. The van der Waals surface area contributed by atoms with Crippen molar-refractivity contribution in [3.63, 3.8) is 0 Å². The fourth-order valence-corrected chi connectivity index (χ4v) is 1.20. The van der Waals surface area contributed by atoms with E-state index in [0.717, 1.165) is 5.69 Å². The van der Waals surface area contributed by atoms with Gasteiger partial charge in [-0.3, -0.25) is 4.68 Å². The molecule has 0 spiro atoms. The van der Waals surface area contributed by atoms with Crippen LogP contribution in [0.1, 0.15) is 16.2 Å². The Balaban J connectivity index is 2.38. The molecular formula is C7H8N2O3. The summed E-state index contributed by atoms with van der Waals surface area (Å²) in [7, 11) is 0. The molecular weight excluding hydrogens is 160 g/mol. The maximum absolute atomic E-state index is 10.5. The van der Waals surface area contributed by atoms with E-state index in [9.17, 15) is 4.79 Å². The number of aromatic nitrogens is 2. The van der Waals surface area contributed by atoms with Gasteiger partial charge in [0.1, 0.15) is 0 Å². The first kappa shape index (κ1) is 7.30. The highest BCUT2D eigenvalue weighted by Crippen LogP contribution is 2.10. The van der Waals surface area contributed by atoms with Crippen LogP contribution < -0.4 is 0 Å². The number of fused-ring (bicyclic) bond motifs is 1. The summed E-state index contributed by atoms with van der Waals surface area (Å²) in [5.41, 5.74) is 0.925. The zero-order chi connectivity index (χ0) is 8.55. The van der Waals surface area contributed by atoms with Gasteiger partial charge >= 0.3 is 5.97 Å². The van der Waals surface area contributed by atoms with Gasteiger partial charge in [-0.2, -0.15) is 5.10 Å². The van der Waals surface area contributed by atoms with Crippen LogP contribution in [0.3, 0.4) is 0 Å². The molecule has 0 radical (unpaired) electrons. The van der Waals surface area contributed by atoms with E-state index in [1.165, 1.54) is 0 Å². The SMILES string of the molecule is O=C(O)c1cc2n(n1)CCOC2. The Morgan fingerprint density at radius 2 is 2.58 bits per heavy atom. The first-order valence-electron chi connectivity index (χ1n) is 3.65. The third kappa shape index (κ3) is 1.08. The molecule has 0 amide bonds. The van der Waals surface area contributed by atoms with Crippen LogP contribution in [-0.2, 0) is 17.9 Å². The van der Waals surface area contributed by atoms with Gasteiger partial charge in [-0.25, -0.2) is 4.79 Å². The molecule has 0 unspecified atom stereocenters. The molecule has 1 aromatic rings. The number of hydrogen-bond donors (Lipinski definition) is 1. The Hall–Kier alpha value is -1.36. The summed E-state index contributed by atoms with van der Waals surface area (Å²) in [6, 6.07) is 1.54. The highest BCUT2D eigenvalue weighted by atomic mass is 16.5. The normalized spacial score (nSPS) is 15.7. The van der Waals surface area contributed by atoms with Crippen molar-refractivity contribution >= 4 is 5.97 Å². The fraction of sp³-hybridized carbons (Fsp3) is 0.429. The number of nitrogens with zero attached hydrogens (tertiary/aromatic N) is 2. The second kappa shape index (κ2) is 2.60. The largest absolute Gasteiger partial charge is 0.476 e. The number of hydrogen-bond acceptors (Lipinski definition) is 3. The molecule has 0 aliphatic carbocycles. The zero-order valence-corrected chi connectivity index (χ0v) is 6.36. The number of ether oxygens (including phenoxy) is 1. The molecule has 64 valence electrons. The van der Waals surface area contributed by atoms with Gasteiger partial charge in [0.25, 0.3) is 0 Å². The molecule has 12 heavy (non-hydrogen) atoms. The molecule has 0 atom stereocenters. The van der Waals surface area contributed by atoms with E-state index < -0.39 is 5.97 Å². The number of carboxylic acid groups (broad SMARTS) is 1. The Morgan fingerprint density at radius 3 is 3.25 bits per heavy atom. The topological polar surface area (TPSA) is 64.3 Å². The summed E-state index contributed by atoms with van der Waals surface area (Å²) in [4.78, 5) is 10.5. The van der Waals surface area contributed by atoms with E-state index in [-0.39, 0.29) is 5.69 Å². The Morgan fingerprint density at radius 1 is 1.75 bits per heavy atom. The van der Waals surface area contributed by atoms with Crippen LogP contribution in [0.4, 0.5) is 0 Å². The minimum Gasteiger partial charge on any atom is -0.476 e. The van der Waals surface area contributed by atoms with Gasteiger partial charge in [0.15, 0.2) is 5.69 Å². The number of rotatable bonds is 1. The van der Waals surface area contributed by atoms with Crippen molar-refractivity contribution < 1.29 is 14.6 Å². The fourth-order valence-electron chi connectivity index (χ4n) is 1.20. The smallest absolute Gasteiger partial charge is 0.356 e. The molecule has 0 aromatic carbocycles. The molecule has 1 aromatic heterocycles. The Bertz CT molecular complexity index is 295. The van der Waals surface area contributed by atoms with Crippen LogP contribution in [-0.4, -0.2) is 27.5 Å². The second-order valence-electron chi connectivity index (χ2n) is 2.60. The van der Waals surface area contributed by atoms with E-state index in [1.807, 2.05) is 0 Å². The molecule has 5 heteroatoms. The van der Waals surface area contributed by atoms with Crippen LogP contribution in [0.15, 0.2) is 6.07 Å². The summed E-state index contributed by atoms with van der Waals surface area (Å²) in [6.45, 7) is 1.70. The molecule has 0 bridgehead atoms. The highest BCUT2D eigenvalue weighted by Gasteiger charge is 2.15. The van der Waals surface area contributed by atoms with Gasteiger partial charge in [0.05, 0.1) is 25.5 Å². The van der Waals surface area contributed by atoms with Crippen LogP contribution in [0.2, 0.25) is 0 Å². The molecule has 0 saturated carbocycles. The summed E-state index contributed by atoms with van der Waals surface area (Å²) in [6.07, 6.45) is 0. The predicted octanol–water partition coefficient (Wildman–Crippen LogP) is 0.111. The molecule has 1 N–H and O–H groups in total. The van der Waals surface area contributed by atoms with Crippen LogP contribution in [0.25, 0.3) is 0 Å². The van der Waals surface area contributed by atoms with E-state index >= 15 is 0 Å². The van der Waals surface area contributed by atoms with Gasteiger partial charge in [-0.15, -0.1) is 0 Å². The average molecular weight is 168 g/mol. The molecule has 0 saturated heterocycles. The molecule has 2 heterocycles. The first-order chi connectivity index (χ1) is 5.77. The summed E-state index contributed by atoms with van der Waals surface area (Å²) in [5, 5.41) is 12.5. The van der Waals surface area contributed by atoms with Crippen molar-refractivity contribution in [3.05, 3.63) is 17.5 Å². The van der Waals surface area contributed by atoms with Crippen LogP contribution >= 0.6 is 0 Å². The lowest BCUT2D eigenvalue weighted by molar-refractivity contribution is 0.0684. The van der Waals surface area contributed by atoms with Crippen molar-refractivity contribution in [3.8, 4) is 0 Å². The van der Waals surface area contributed by atoms with Gasteiger partial charge in [-0.1, -0.05) is 0 Å². The average Bonchev–Trinajstić information content (AvgIpc) is 2.46. The molecule has 0 fully saturated rings.